The number of benzene rings is 1. The van der Waals surface area contributed by atoms with Gasteiger partial charge in [0, 0.05) is 24.0 Å². The standard InChI is InChI=1S/C12H11N3O/c16-8-9-6-14-15(7-9)12-3-1-2-11-10(12)4-5-13-11/h1-3,6-8,13H,4-5H2. The third-order valence-electron chi connectivity index (χ3n) is 2.83. The highest BCUT2D eigenvalue weighted by Crippen LogP contribution is 2.27. The Bertz CT molecular complexity index is 545. The Balaban J connectivity index is 2.13. The SMILES string of the molecule is O=Cc1cnn(-c2cccc3c2CCN3)c1. The second kappa shape index (κ2) is 3.48. The van der Waals surface area contributed by atoms with Gasteiger partial charge in [-0.05, 0) is 18.6 Å². The van der Waals surface area contributed by atoms with E-state index in [-0.39, 0.29) is 0 Å². The van der Waals surface area contributed by atoms with Gasteiger partial charge in [0.05, 0.1) is 17.4 Å². The molecule has 0 amide bonds. The average molecular weight is 213 g/mol. The Morgan fingerprint density at radius 1 is 1.44 bits per heavy atom. The summed E-state index contributed by atoms with van der Waals surface area (Å²) in [6.45, 7) is 0.966. The number of aldehydes is 1. The molecule has 80 valence electrons. The molecule has 3 rings (SSSR count). The second-order valence-corrected chi connectivity index (χ2v) is 3.82. The zero-order valence-electron chi connectivity index (χ0n) is 8.68. The predicted molar refractivity (Wildman–Crippen MR) is 61.1 cm³/mol. The highest BCUT2D eigenvalue weighted by atomic mass is 16.1. The van der Waals surface area contributed by atoms with E-state index in [1.165, 1.54) is 11.3 Å². The van der Waals surface area contributed by atoms with Crippen molar-refractivity contribution in [2.75, 3.05) is 11.9 Å². The van der Waals surface area contributed by atoms with Gasteiger partial charge >= 0.3 is 0 Å². The summed E-state index contributed by atoms with van der Waals surface area (Å²) in [5.41, 5.74) is 4.09. The van der Waals surface area contributed by atoms with Crippen LogP contribution in [0.1, 0.15) is 15.9 Å². The Kier molecular flexibility index (Phi) is 1.99. The maximum atomic E-state index is 10.6. The van der Waals surface area contributed by atoms with Crippen molar-refractivity contribution in [2.24, 2.45) is 0 Å². The van der Waals surface area contributed by atoms with Gasteiger partial charge < -0.3 is 5.32 Å². The van der Waals surface area contributed by atoms with E-state index in [0.29, 0.717) is 5.56 Å². The molecule has 0 fully saturated rings. The number of carbonyl (C=O) groups excluding carboxylic acids is 1. The van der Waals surface area contributed by atoms with Crippen molar-refractivity contribution in [3.05, 3.63) is 41.7 Å². The molecule has 1 N–H and O–H groups in total. The fourth-order valence-corrected chi connectivity index (χ4v) is 2.07. The number of hydrogen-bond acceptors (Lipinski definition) is 3. The molecular formula is C12H11N3O. The average Bonchev–Trinajstić information content (AvgIpc) is 2.97. The smallest absolute Gasteiger partial charge is 0.153 e. The molecule has 4 heteroatoms. The fourth-order valence-electron chi connectivity index (χ4n) is 2.07. The lowest BCUT2D eigenvalue weighted by Crippen LogP contribution is -1.98. The quantitative estimate of drug-likeness (QED) is 0.771. The Labute approximate surface area is 92.9 Å². The van der Waals surface area contributed by atoms with Gasteiger partial charge in [0.15, 0.2) is 6.29 Å². The number of anilines is 1. The normalized spacial score (nSPS) is 13.2. The lowest BCUT2D eigenvalue weighted by atomic mass is 10.1. The molecule has 0 bridgehead atoms. The molecular weight excluding hydrogens is 202 g/mol. The second-order valence-electron chi connectivity index (χ2n) is 3.82. The maximum absolute atomic E-state index is 10.6. The minimum absolute atomic E-state index is 0.601. The molecule has 0 saturated heterocycles. The molecule has 4 nitrogen and oxygen atoms in total. The number of nitrogens with one attached hydrogen (secondary N) is 1. The Morgan fingerprint density at radius 2 is 2.38 bits per heavy atom. The van der Waals surface area contributed by atoms with Crippen LogP contribution in [0.4, 0.5) is 5.69 Å². The lowest BCUT2D eigenvalue weighted by Gasteiger charge is -2.07. The van der Waals surface area contributed by atoms with Gasteiger partial charge in [-0.2, -0.15) is 5.10 Å². The number of fused-ring (bicyclic) bond motifs is 1. The molecule has 1 aliphatic heterocycles. The maximum Gasteiger partial charge on any atom is 0.153 e. The van der Waals surface area contributed by atoms with Crippen molar-refractivity contribution < 1.29 is 4.79 Å². The van der Waals surface area contributed by atoms with E-state index in [1.807, 2.05) is 12.1 Å². The van der Waals surface area contributed by atoms with Crippen LogP contribution < -0.4 is 5.32 Å². The summed E-state index contributed by atoms with van der Waals surface area (Å²) in [7, 11) is 0. The molecule has 0 unspecified atom stereocenters. The molecule has 1 aromatic heterocycles. The van der Waals surface area contributed by atoms with Crippen LogP contribution in [-0.2, 0) is 6.42 Å². The first-order chi connectivity index (χ1) is 7.88. The molecule has 2 aromatic rings. The van der Waals surface area contributed by atoms with E-state index in [9.17, 15) is 4.79 Å². The van der Waals surface area contributed by atoms with E-state index in [0.717, 1.165) is 24.9 Å². The van der Waals surface area contributed by atoms with Crippen molar-refractivity contribution in [3.8, 4) is 5.69 Å². The number of nitrogens with zero attached hydrogens (tertiary/aromatic N) is 2. The summed E-state index contributed by atoms with van der Waals surface area (Å²) in [6.07, 6.45) is 5.14. The van der Waals surface area contributed by atoms with Crippen molar-refractivity contribution in [1.29, 1.82) is 0 Å². The molecule has 1 aliphatic rings. The zero-order valence-corrected chi connectivity index (χ0v) is 8.68. The third kappa shape index (κ3) is 1.31. The van der Waals surface area contributed by atoms with Gasteiger partial charge in [0.25, 0.3) is 0 Å². The summed E-state index contributed by atoms with van der Waals surface area (Å²) in [4.78, 5) is 10.6. The largest absolute Gasteiger partial charge is 0.384 e. The minimum atomic E-state index is 0.601. The summed E-state index contributed by atoms with van der Waals surface area (Å²) in [6, 6.07) is 6.08. The summed E-state index contributed by atoms with van der Waals surface area (Å²) < 4.78 is 1.76. The van der Waals surface area contributed by atoms with Crippen LogP contribution in [0.25, 0.3) is 5.69 Å². The molecule has 0 spiro atoms. The summed E-state index contributed by atoms with van der Waals surface area (Å²) >= 11 is 0. The topological polar surface area (TPSA) is 46.9 Å². The predicted octanol–water partition coefficient (Wildman–Crippen LogP) is 1.65. The third-order valence-corrected chi connectivity index (χ3v) is 2.83. The van der Waals surface area contributed by atoms with E-state index >= 15 is 0 Å². The number of aromatic nitrogens is 2. The molecule has 16 heavy (non-hydrogen) atoms. The van der Waals surface area contributed by atoms with E-state index < -0.39 is 0 Å². The van der Waals surface area contributed by atoms with E-state index in [1.54, 1.807) is 17.1 Å². The van der Waals surface area contributed by atoms with Crippen molar-refractivity contribution >= 4 is 12.0 Å². The molecule has 1 aromatic carbocycles. The van der Waals surface area contributed by atoms with Crippen LogP contribution in [-0.4, -0.2) is 22.6 Å². The van der Waals surface area contributed by atoms with Gasteiger partial charge in [-0.1, -0.05) is 6.07 Å². The highest BCUT2D eigenvalue weighted by Gasteiger charge is 2.15. The zero-order chi connectivity index (χ0) is 11.0. The van der Waals surface area contributed by atoms with Gasteiger partial charge in [-0.25, -0.2) is 4.68 Å². The Hall–Kier alpha value is -2.10. The van der Waals surface area contributed by atoms with Crippen molar-refractivity contribution in [3.63, 3.8) is 0 Å². The summed E-state index contributed by atoms with van der Waals surface area (Å²) in [5.74, 6) is 0. The molecule has 0 atom stereocenters. The van der Waals surface area contributed by atoms with Gasteiger partial charge in [0.1, 0.15) is 0 Å². The molecule has 0 saturated carbocycles. The fraction of sp³-hybridized carbons (Fsp3) is 0.167. The van der Waals surface area contributed by atoms with Crippen LogP contribution in [0.15, 0.2) is 30.6 Å². The number of hydrogen-bond donors (Lipinski definition) is 1. The number of carbonyl (C=O) groups is 1. The molecule has 0 radical (unpaired) electrons. The van der Waals surface area contributed by atoms with E-state index in [2.05, 4.69) is 16.5 Å². The van der Waals surface area contributed by atoms with Crippen LogP contribution in [0.5, 0.6) is 0 Å². The Morgan fingerprint density at radius 3 is 3.19 bits per heavy atom. The van der Waals surface area contributed by atoms with Crippen molar-refractivity contribution in [2.45, 2.75) is 6.42 Å². The van der Waals surface area contributed by atoms with Crippen LogP contribution in [0, 0.1) is 0 Å². The van der Waals surface area contributed by atoms with Crippen molar-refractivity contribution in [1.82, 2.24) is 9.78 Å². The minimum Gasteiger partial charge on any atom is -0.384 e. The van der Waals surface area contributed by atoms with E-state index in [4.69, 9.17) is 0 Å². The van der Waals surface area contributed by atoms with Gasteiger partial charge in [-0.15, -0.1) is 0 Å². The lowest BCUT2D eigenvalue weighted by molar-refractivity contribution is 0.112. The van der Waals surface area contributed by atoms with Crippen LogP contribution in [0.2, 0.25) is 0 Å². The van der Waals surface area contributed by atoms with Gasteiger partial charge in [0.2, 0.25) is 0 Å². The number of rotatable bonds is 2. The monoisotopic (exact) mass is 213 g/mol. The molecule has 2 heterocycles. The van der Waals surface area contributed by atoms with Gasteiger partial charge in [-0.3, -0.25) is 4.79 Å². The summed E-state index contributed by atoms with van der Waals surface area (Å²) in [5, 5.41) is 7.51. The molecule has 0 aliphatic carbocycles. The first-order valence-corrected chi connectivity index (χ1v) is 5.24. The van der Waals surface area contributed by atoms with Crippen LogP contribution >= 0.6 is 0 Å². The van der Waals surface area contributed by atoms with Crippen LogP contribution in [0.3, 0.4) is 0 Å². The highest BCUT2D eigenvalue weighted by molar-refractivity contribution is 5.74. The first-order valence-electron chi connectivity index (χ1n) is 5.24. The first kappa shape index (κ1) is 9.15.